The minimum atomic E-state index is -1.00. The van der Waals surface area contributed by atoms with Crippen LogP contribution in [-0.4, -0.2) is 57.2 Å². The molecule has 2 fully saturated rings. The van der Waals surface area contributed by atoms with E-state index >= 15 is 0 Å². The van der Waals surface area contributed by atoms with Crippen LogP contribution in [0.3, 0.4) is 0 Å². The van der Waals surface area contributed by atoms with Crippen molar-refractivity contribution in [3.63, 3.8) is 0 Å². The monoisotopic (exact) mass is 295 g/mol. The molecular weight excluding hydrogens is 266 g/mol. The van der Waals surface area contributed by atoms with Crippen molar-refractivity contribution in [3.8, 4) is 0 Å². The molecule has 0 bridgehead atoms. The Kier molecular flexibility index (Phi) is 5.60. The van der Waals surface area contributed by atoms with Crippen LogP contribution in [0, 0.1) is 0 Å². The smallest absolute Gasteiger partial charge is 0.105 e. The summed E-state index contributed by atoms with van der Waals surface area (Å²) in [6, 6.07) is 0.0942. The number of aliphatic hydroxyl groups is 3. The lowest BCUT2D eigenvalue weighted by molar-refractivity contribution is -0.0587. The van der Waals surface area contributed by atoms with Crippen molar-refractivity contribution < 1.29 is 15.3 Å². The van der Waals surface area contributed by atoms with E-state index in [-0.39, 0.29) is 18.7 Å². The highest BCUT2D eigenvalue weighted by Gasteiger charge is 2.55. The molecule has 0 unspecified atom stereocenters. The number of hydrogen-bond acceptors (Lipinski definition) is 4. The van der Waals surface area contributed by atoms with Gasteiger partial charge in [0.05, 0.1) is 6.10 Å². The second kappa shape index (κ2) is 7.05. The first kappa shape index (κ1) is 16.7. The quantitative estimate of drug-likeness (QED) is 0.674. The Morgan fingerprint density at radius 2 is 2.14 bits per heavy atom. The highest BCUT2D eigenvalue weighted by Crippen LogP contribution is 2.41. The zero-order chi connectivity index (χ0) is 15.5. The van der Waals surface area contributed by atoms with Gasteiger partial charge in [-0.3, -0.25) is 4.90 Å². The van der Waals surface area contributed by atoms with Crippen molar-refractivity contribution in [2.45, 2.75) is 69.7 Å². The Morgan fingerprint density at radius 1 is 1.38 bits per heavy atom. The van der Waals surface area contributed by atoms with Gasteiger partial charge in [0.1, 0.15) is 5.60 Å². The van der Waals surface area contributed by atoms with Gasteiger partial charge in [0.2, 0.25) is 0 Å². The number of piperidine rings is 1. The maximum absolute atomic E-state index is 10.6. The van der Waals surface area contributed by atoms with Gasteiger partial charge in [0.25, 0.3) is 0 Å². The topological polar surface area (TPSA) is 63.9 Å². The Labute approximate surface area is 127 Å². The lowest BCUT2D eigenvalue weighted by Gasteiger charge is -2.36. The second-order valence-electron chi connectivity index (χ2n) is 6.64. The summed E-state index contributed by atoms with van der Waals surface area (Å²) in [5.74, 6) is 0. The fraction of sp³-hybridized carbons (Fsp3) is 0.765. The standard InChI is InChI=1S/C17H29NO3/c1-13(8-4-3-7-11-19)12-14-16(20)17(2,21)15-9-5-6-10-18(14)15/h3-4,8,14-16,19-21H,5-7,9-12H2,1-2H3/b4-3+,13-8+/t14-,15+,16-,17-/m0/s1. The molecule has 2 aliphatic heterocycles. The molecule has 0 saturated carbocycles. The van der Waals surface area contributed by atoms with Crippen LogP contribution in [0.4, 0.5) is 0 Å². The van der Waals surface area contributed by atoms with E-state index in [9.17, 15) is 10.2 Å². The molecular formula is C17H29NO3. The third kappa shape index (κ3) is 3.57. The molecule has 4 nitrogen and oxygen atoms in total. The minimum absolute atomic E-state index is 0.00721. The molecule has 0 radical (unpaired) electrons. The highest BCUT2D eigenvalue weighted by molar-refractivity contribution is 5.17. The lowest BCUT2D eigenvalue weighted by Crippen LogP contribution is -2.48. The molecule has 3 N–H and O–H groups in total. The number of fused-ring (bicyclic) bond motifs is 1. The Balaban J connectivity index is 2.04. The normalized spacial score (nSPS) is 38.1. The first-order valence-corrected chi connectivity index (χ1v) is 8.07. The lowest BCUT2D eigenvalue weighted by atomic mass is 9.88. The Bertz CT molecular complexity index is 403. The van der Waals surface area contributed by atoms with Crippen LogP contribution in [0.15, 0.2) is 23.8 Å². The number of hydrogen-bond donors (Lipinski definition) is 3. The van der Waals surface area contributed by atoms with Crippen LogP contribution < -0.4 is 0 Å². The molecule has 2 saturated heterocycles. The molecule has 4 atom stereocenters. The first-order valence-electron chi connectivity index (χ1n) is 8.07. The van der Waals surface area contributed by atoms with Crippen molar-refractivity contribution in [2.75, 3.05) is 13.2 Å². The van der Waals surface area contributed by atoms with Gasteiger partial charge in [-0.05, 0) is 46.1 Å². The second-order valence-corrected chi connectivity index (χ2v) is 6.64. The van der Waals surface area contributed by atoms with Gasteiger partial charge in [-0.25, -0.2) is 0 Å². The molecule has 0 aromatic heterocycles. The average molecular weight is 295 g/mol. The zero-order valence-electron chi connectivity index (χ0n) is 13.2. The van der Waals surface area contributed by atoms with Gasteiger partial charge in [-0.15, -0.1) is 0 Å². The Morgan fingerprint density at radius 3 is 2.86 bits per heavy atom. The van der Waals surface area contributed by atoms with Crippen LogP contribution >= 0.6 is 0 Å². The van der Waals surface area contributed by atoms with Crippen molar-refractivity contribution in [3.05, 3.63) is 23.8 Å². The molecule has 120 valence electrons. The molecule has 0 aliphatic carbocycles. The van der Waals surface area contributed by atoms with E-state index in [1.54, 1.807) is 6.92 Å². The van der Waals surface area contributed by atoms with E-state index in [1.807, 2.05) is 18.2 Å². The summed E-state index contributed by atoms with van der Waals surface area (Å²) in [6.07, 6.45) is 9.94. The Hall–Kier alpha value is -0.680. The maximum Gasteiger partial charge on any atom is 0.105 e. The molecule has 0 spiro atoms. The molecule has 0 aromatic rings. The minimum Gasteiger partial charge on any atom is -0.396 e. The van der Waals surface area contributed by atoms with E-state index in [2.05, 4.69) is 11.8 Å². The van der Waals surface area contributed by atoms with Gasteiger partial charge >= 0.3 is 0 Å². The molecule has 21 heavy (non-hydrogen) atoms. The molecule has 0 aromatic carbocycles. The number of aliphatic hydroxyl groups excluding tert-OH is 2. The van der Waals surface area contributed by atoms with Crippen LogP contribution in [0.25, 0.3) is 0 Å². The van der Waals surface area contributed by atoms with Gasteiger partial charge in [-0.1, -0.05) is 30.2 Å². The van der Waals surface area contributed by atoms with E-state index in [4.69, 9.17) is 5.11 Å². The van der Waals surface area contributed by atoms with Crippen LogP contribution in [-0.2, 0) is 0 Å². The molecule has 4 heteroatoms. The van der Waals surface area contributed by atoms with Crippen LogP contribution in [0.5, 0.6) is 0 Å². The summed E-state index contributed by atoms with van der Waals surface area (Å²) in [7, 11) is 0. The van der Waals surface area contributed by atoms with E-state index < -0.39 is 11.7 Å². The average Bonchev–Trinajstić information content (AvgIpc) is 2.66. The summed E-state index contributed by atoms with van der Waals surface area (Å²) >= 11 is 0. The SMILES string of the molecule is C/C(=C\C=C\CCO)C[C@H]1[C@H](O)[C@@](C)(O)[C@H]2CCCCN12. The molecule has 0 amide bonds. The predicted molar refractivity (Wildman–Crippen MR) is 84.0 cm³/mol. The van der Waals surface area contributed by atoms with Crippen LogP contribution in [0.2, 0.25) is 0 Å². The highest BCUT2D eigenvalue weighted by atomic mass is 16.3. The van der Waals surface area contributed by atoms with E-state index in [0.29, 0.717) is 6.42 Å². The van der Waals surface area contributed by atoms with Gasteiger partial charge < -0.3 is 15.3 Å². The third-order valence-corrected chi connectivity index (χ3v) is 4.95. The van der Waals surface area contributed by atoms with E-state index in [1.165, 1.54) is 5.57 Å². The number of nitrogens with zero attached hydrogens (tertiary/aromatic N) is 1. The van der Waals surface area contributed by atoms with Gasteiger partial charge in [0.15, 0.2) is 0 Å². The zero-order valence-corrected chi connectivity index (χ0v) is 13.2. The van der Waals surface area contributed by atoms with E-state index in [0.717, 1.165) is 32.2 Å². The van der Waals surface area contributed by atoms with Crippen molar-refractivity contribution in [1.82, 2.24) is 4.90 Å². The van der Waals surface area contributed by atoms with Crippen LogP contribution in [0.1, 0.15) is 46.0 Å². The largest absolute Gasteiger partial charge is 0.396 e. The first-order chi connectivity index (χ1) is 9.98. The fourth-order valence-corrected chi connectivity index (χ4v) is 3.78. The summed E-state index contributed by atoms with van der Waals surface area (Å²) in [5, 5.41) is 29.9. The van der Waals surface area contributed by atoms with Gasteiger partial charge in [-0.2, -0.15) is 0 Å². The summed E-state index contributed by atoms with van der Waals surface area (Å²) < 4.78 is 0. The molecule has 2 rings (SSSR count). The van der Waals surface area contributed by atoms with Crippen molar-refractivity contribution >= 4 is 0 Å². The predicted octanol–water partition coefficient (Wildman–Crippen LogP) is 1.61. The number of allylic oxidation sites excluding steroid dienone is 2. The van der Waals surface area contributed by atoms with Crippen molar-refractivity contribution in [2.24, 2.45) is 0 Å². The summed E-state index contributed by atoms with van der Waals surface area (Å²) in [4.78, 5) is 2.31. The maximum atomic E-state index is 10.6. The molecule has 2 heterocycles. The third-order valence-electron chi connectivity index (χ3n) is 4.95. The fourth-order valence-electron chi connectivity index (χ4n) is 3.78. The van der Waals surface area contributed by atoms with Crippen molar-refractivity contribution in [1.29, 1.82) is 0 Å². The number of rotatable bonds is 5. The summed E-state index contributed by atoms with van der Waals surface area (Å²) in [6.45, 7) is 4.97. The molecule has 2 aliphatic rings. The van der Waals surface area contributed by atoms with Gasteiger partial charge in [0, 0.05) is 18.7 Å². The summed E-state index contributed by atoms with van der Waals surface area (Å²) in [5.41, 5.74) is 0.188.